The lowest BCUT2D eigenvalue weighted by Crippen LogP contribution is -2.50. The predicted molar refractivity (Wildman–Crippen MR) is 243 cm³/mol. The van der Waals surface area contributed by atoms with E-state index in [2.05, 4.69) is 38.2 Å². The molecule has 0 aliphatic rings. The molecule has 0 aromatic heterocycles. The second kappa shape index (κ2) is 40.8. The zero-order valence-electron chi connectivity index (χ0n) is 38.0. The lowest BCUT2D eigenvalue weighted by molar-refractivity contribution is -0.887. The molecule has 0 saturated carbocycles. The summed E-state index contributed by atoms with van der Waals surface area (Å²) < 4.78 is 17.2. The Morgan fingerprint density at radius 1 is 0.534 bits per heavy atom. The van der Waals surface area contributed by atoms with Gasteiger partial charge in [-0.3, -0.25) is 9.59 Å². The molecule has 0 aromatic rings. The zero-order chi connectivity index (χ0) is 42.8. The normalized spacial score (nSPS) is 13.5. The number of allylic oxidation sites excluding steroid dienone is 10. The summed E-state index contributed by atoms with van der Waals surface area (Å²) in [6, 6.07) is -0.624. The number of quaternary nitrogens is 1. The first kappa shape index (κ1) is 55.0. The van der Waals surface area contributed by atoms with Gasteiger partial charge in [0.2, 0.25) is 0 Å². The van der Waals surface area contributed by atoms with E-state index in [4.69, 9.17) is 14.2 Å². The fourth-order valence-corrected chi connectivity index (χ4v) is 6.63. The van der Waals surface area contributed by atoms with Gasteiger partial charge >= 0.3 is 17.9 Å². The van der Waals surface area contributed by atoms with Gasteiger partial charge in [-0.05, 0) is 57.8 Å². The minimum atomic E-state index is -0.884. The van der Waals surface area contributed by atoms with Crippen LogP contribution < -0.4 is 0 Å². The Labute approximate surface area is 356 Å². The van der Waals surface area contributed by atoms with E-state index >= 15 is 0 Å². The van der Waals surface area contributed by atoms with Crippen LogP contribution in [0.4, 0.5) is 0 Å². The average molecular weight is 815 g/mol. The molecular weight excluding hydrogens is 727 g/mol. The zero-order valence-corrected chi connectivity index (χ0v) is 38.0. The maximum Gasteiger partial charge on any atom is 0.362 e. The molecule has 1 N–H and O–H groups in total. The quantitative estimate of drug-likeness (QED) is 0.0216. The number of likely N-dealkylation sites (N-methyl/N-ethyl adjacent to an activating group) is 1. The molecule has 0 radical (unpaired) electrons. The van der Waals surface area contributed by atoms with Crippen molar-refractivity contribution in [3.8, 4) is 0 Å². The minimum Gasteiger partial charge on any atom is -0.477 e. The minimum absolute atomic E-state index is 0.0417. The van der Waals surface area contributed by atoms with Crippen LogP contribution in [0.3, 0.4) is 0 Å². The highest BCUT2D eigenvalue weighted by Gasteiger charge is 2.31. The highest BCUT2D eigenvalue weighted by Crippen LogP contribution is 2.14. The second-order valence-corrected chi connectivity index (χ2v) is 16.7. The smallest absolute Gasteiger partial charge is 0.362 e. The molecule has 0 aromatic carbocycles. The van der Waals surface area contributed by atoms with E-state index in [-0.39, 0.29) is 42.7 Å². The van der Waals surface area contributed by atoms with Crippen molar-refractivity contribution in [2.45, 2.75) is 199 Å². The third-order valence-corrected chi connectivity index (χ3v) is 10.2. The van der Waals surface area contributed by atoms with Crippen LogP contribution >= 0.6 is 0 Å². The molecule has 2 atom stereocenters. The molecule has 0 heterocycles. The number of carbonyl (C=O) groups excluding carboxylic acids is 2. The number of ether oxygens (including phenoxy) is 3. The van der Waals surface area contributed by atoms with Crippen LogP contribution in [0, 0.1) is 0 Å². The van der Waals surface area contributed by atoms with Gasteiger partial charge in [0, 0.05) is 19.3 Å². The van der Waals surface area contributed by atoms with Gasteiger partial charge in [-0.2, -0.15) is 0 Å². The van der Waals surface area contributed by atoms with Crippen LogP contribution in [-0.2, 0) is 28.6 Å². The lowest BCUT2D eigenvalue weighted by Gasteiger charge is -2.31. The van der Waals surface area contributed by atoms with Gasteiger partial charge in [0.15, 0.2) is 12.1 Å². The molecule has 8 nitrogen and oxygen atoms in total. The Hall–Kier alpha value is -2.97. The summed E-state index contributed by atoms with van der Waals surface area (Å²) in [6.07, 6.45) is 49.9. The lowest BCUT2D eigenvalue weighted by atomic mass is 10.1. The van der Waals surface area contributed by atoms with Gasteiger partial charge in [-0.1, -0.05) is 171 Å². The molecule has 0 bridgehead atoms. The van der Waals surface area contributed by atoms with Crippen molar-refractivity contribution in [2.24, 2.45) is 0 Å². The summed E-state index contributed by atoms with van der Waals surface area (Å²) >= 11 is 0. The van der Waals surface area contributed by atoms with Crippen molar-refractivity contribution >= 4 is 17.9 Å². The summed E-state index contributed by atoms with van der Waals surface area (Å²) in [5.74, 6) is -1.53. The van der Waals surface area contributed by atoms with Crippen LogP contribution in [0.25, 0.3) is 0 Å². The van der Waals surface area contributed by atoms with Crippen molar-refractivity contribution < 1.29 is 38.2 Å². The summed E-state index contributed by atoms with van der Waals surface area (Å²) in [7, 11) is 5.51. The summed E-state index contributed by atoms with van der Waals surface area (Å²) in [4.78, 5) is 37.0. The Morgan fingerprint density at radius 3 is 1.50 bits per heavy atom. The van der Waals surface area contributed by atoms with E-state index in [1.165, 1.54) is 103 Å². The second-order valence-electron chi connectivity index (χ2n) is 16.7. The van der Waals surface area contributed by atoms with Gasteiger partial charge < -0.3 is 23.8 Å². The van der Waals surface area contributed by atoms with E-state index in [9.17, 15) is 19.5 Å². The highest BCUT2D eigenvalue weighted by atomic mass is 16.6. The largest absolute Gasteiger partial charge is 0.477 e. The number of carboxylic acids is 1. The summed E-state index contributed by atoms with van der Waals surface area (Å²) in [5.41, 5.74) is 0. The Bertz CT molecular complexity index is 1130. The van der Waals surface area contributed by atoms with Crippen LogP contribution in [0.2, 0.25) is 0 Å². The third-order valence-electron chi connectivity index (χ3n) is 10.2. The maximum absolute atomic E-state index is 12.7. The Balaban J connectivity index is 4.30. The molecule has 334 valence electrons. The first-order valence-electron chi connectivity index (χ1n) is 23.4. The van der Waals surface area contributed by atoms with Gasteiger partial charge in [0.25, 0.3) is 0 Å². The van der Waals surface area contributed by atoms with Gasteiger partial charge in [0.05, 0.1) is 34.4 Å². The number of carbonyl (C=O) groups is 3. The van der Waals surface area contributed by atoms with E-state index in [0.29, 0.717) is 19.3 Å². The monoisotopic (exact) mass is 815 g/mol. The van der Waals surface area contributed by atoms with E-state index in [0.717, 1.165) is 44.9 Å². The third kappa shape index (κ3) is 38.5. The fraction of sp³-hybridized carbons (Fsp3) is 0.740. The highest BCUT2D eigenvalue weighted by molar-refractivity contribution is 5.72. The number of carboxylic acid groups (broad SMARTS) is 1. The molecule has 0 saturated heterocycles. The summed E-state index contributed by atoms with van der Waals surface area (Å²) in [5, 5.41) is 9.62. The molecule has 0 spiro atoms. The molecule has 8 heteroatoms. The number of unbranched alkanes of at least 4 members (excludes halogenated alkanes) is 20. The molecule has 0 rings (SSSR count). The number of esters is 2. The molecule has 58 heavy (non-hydrogen) atoms. The fourth-order valence-electron chi connectivity index (χ4n) is 6.63. The van der Waals surface area contributed by atoms with Crippen molar-refractivity contribution in [1.29, 1.82) is 0 Å². The molecule has 2 unspecified atom stereocenters. The van der Waals surface area contributed by atoms with E-state index in [1.54, 1.807) is 0 Å². The van der Waals surface area contributed by atoms with Crippen LogP contribution in [0.1, 0.15) is 187 Å². The van der Waals surface area contributed by atoms with Gasteiger partial charge in [-0.15, -0.1) is 0 Å². The molecule has 0 aliphatic heterocycles. The summed E-state index contributed by atoms with van der Waals surface area (Å²) in [6.45, 7) is 4.55. The first-order valence-corrected chi connectivity index (χ1v) is 23.4. The number of nitrogens with zero attached hydrogens (tertiary/aromatic N) is 1. The number of hydrogen-bond donors (Lipinski definition) is 1. The van der Waals surface area contributed by atoms with Crippen molar-refractivity contribution in [3.05, 3.63) is 60.8 Å². The predicted octanol–water partition coefficient (Wildman–Crippen LogP) is 13.0. The van der Waals surface area contributed by atoms with Crippen LogP contribution in [0.15, 0.2) is 60.8 Å². The molecular formula is C50H88NO7+. The molecule has 0 fully saturated rings. The van der Waals surface area contributed by atoms with Crippen molar-refractivity contribution in [2.75, 3.05) is 41.0 Å². The first-order chi connectivity index (χ1) is 28.1. The van der Waals surface area contributed by atoms with Crippen LogP contribution in [-0.4, -0.2) is 80.6 Å². The topological polar surface area (TPSA) is 99.1 Å². The number of rotatable bonds is 41. The Kier molecular flexibility index (Phi) is 38.7. The van der Waals surface area contributed by atoms with E-state index in [1.807, 2.05) is 57.6 Å². The molecule has 0 aliphatic carbocycles. The SMILES string of the molecule is CC/C=C/C=C/C=C/C=C/CCCCCC(=O)OC(COCCC(C(=O)O)[N+](C)(C)C)COC(=O)CCCCCCCCC/C=C/CCCCCCCCCCCC. The maximum atomic E-state index is 12.7. The number of aliphatic carboxylic acids is 1. The van der Waals surface area contributed by atoms with Crippen molar-refractivity contribution in [1.82, 2.24) is 0 Å². The standard InChI is InChI=1S/C50H87NO7/c1-6-8-10-12-14-16-18-20-21-22-23-24-25-26-27-29-30-32-34-36-38-40-48(52)57-45-46(44-56-43-42-47(50(54)55)51(3,4)5)58-49(53)41-39-37-35-33-31-28-19-17-15-13-11-9-7-2/h9,11,13,15,17,19,24-25,28,31,46-47H,6-8,10,12,14,16,18,20-23,26-27,29-30,32-45H2,1-5H3/p+1/b11-9+,15-13+,19-17+,25-24+,31-28+. The number of hydrogen-bond acceptors (Lipinski definition) is 6. The van der Waals surface area contributed by atoms with E-state index < -0.39 is 18.1 Å². The molecule has 0 amide bonds. The van der Waals surface area contributed by atoms with Gasteiger partial charge in [-0.25, -0.2) is 4.79 Å². The van der Waals surface area contributed by atoms with Crippen LogP contribution in [0.5, 0.6) is 0 Å². The Morgan fingerprint density at radius 2 is 0.983 bits per heavy atom. The van der Waals surface area contributed by atoms with Gasteiger partial charge in [0.1, 0.15) is 6.61 Å². The van der Waals surface area contributed by atoms with Crippen molar-refractivity contribution in [3.63, 3.8) is 0 Å². The average Bonchev–Trinajstić information content (AvgIpc) is 3.18.